The van der Waals surface area contributed by atoms with Crippen LogP contribution in [0.1, 0.15) is 11.6 Å². The van der Waals surface area contributed by atoms with Crippen molar-refractivity contribution in [1.29, 1.82) is 0 Å². The molecule has 4 heteroatoms. The van der Waals surface area contributed by atoms with Gasteiger partial charge in [0.15, 0.2) is 0 Å². The molecule has 88 valence electrons. The van der Waals surface area contributed by atoms with Gasteiger partial charge in [0, 0.05) is 14.1 Å². The summed E-state index contributed by atoms with van der Waals surface area (Å²) in [5.41, 5.74) is 0.932. The van der Waals surface area contributed by atoms with Crippen molar-refractivity contribution in [2.75, 3.05) is 28.3 Å². The van der Waals surface area contributed by atoms with Crippen LogP contribution >= 0.6 is 0 Å². The van der Waals surface area contributed by atoms with Crippen molar-refractivity contribution in [1.82, 2.24) is 10.2 Å². The molecule has 1 aromatic carbocycles. The van der Waals surface area contributed by atoms with E-state index in [1.54, 1.807) is 33.2 Å². The molecule has 0 saturated carbocycles. The van der Waals surface area contributed by atoms with Crippen molar-refractivity contribution >= 4 is 5.91 Å². The zero-order valence-electron chi connectivity index (χ0n) is 10.2. The van der Waals surface area contributed by atoms with Gasteiger partial charge in [0.05, 0.1) is 7.11 Å². The number of hydrogen-bond donors (Lipinski definition) is 1. The Kier molecular flexibility index (Phi) is 4.31. The number of methoxy groups -OCH3 is 1. The molecule has 0 radical (unpaired) electrons. The minimum atomic E-state index is -0.305. The number of likely N-dealkylation sites (N-methyl/N-ethyl adjacent to an activating group) is 2. The summed E-state index contributed by atoms with van der Waals surface area (Å²) in [5, 5.41) is 3.00. The SMILES string of the molecule is CNC(C(=O)N(C)C)c1ccc(OC)cc1. The third-order valence-corrected chi connectivity index (χ3v) is 2.43. The molecular weight excluding hydrogens is 204 g/mol. The molecule has 1 amide bonds. The molecule has 4 nitrogen and oxygen atoms in total. The smallest absolute Gasteiger partial charge is 0.243 e. The zero-order chi connectivity index (χ0) is 12.1. The van der Waals surface area contributed by atoms with Gasteiger partial charge in [0.1, 0.15) is 11.8 Å². The summed E-state index contributed by atoms with van der Waals surface area (Å²) in [7, 11) is 6.89. The number of hydrogen-bond acceptors (Lipinski definition) is 3. The monoisotopic (exact) mass is 222 g/mol. The molecule has 1 rings (SSSR count). The van der Waals surface area contributed by atoms with Crippen LogP contribution in [-0.2, 0) is 4.79 Å². The Morgan fingerprint density at radius 3 is 2.25 bits per heavy atom. The normalized spacial score (nSPS) is 12.0. The lowest BCUT2D eigenvalue weighted by atomic mass is 10.1. The Hall–Kier alpha value is -1.55. The van der Waals surface area contributed by atoms with Crippen LogP contribution in [0.4, 0.5) is 0 Å². The van der Waals surface area contributed by atoms with Gasteiger partial charge >= 0.3 is 0 Å². The summed E-state index contributed by atoms with van der Waals surface area (Å²) in [5.74, 6) is 0.823. The summed E-state index contributed by atoms with van der Waals surface area (Å²) in [4.78, 5) is 13.4. The second-order valence-electron chi connectivity index (χ2n) is 3.73. The fourth-order valence-corrected chi connectivity index (χ4v) is 1.49. The quantitative estimate of drug-likeness (QED) is 0.827. The standard InChI is InChI=1S/C12H18N2O2/c1-13-11(12(15)14(2)3)9-5-7-10(16-4)8-6-9/h5-8,11,13H,1-4H3. The largest absolute Gasteiger partial charge is 0.497 e. The fraction of sp³-hybridized carbons (Fsp3) is 0.417. The van der Waals surface area contributed by atoms with Gasteiger partial charge in [-0.3, -0.25) is 4.79 Å². The summed E-state index contributed by atoms with van der Waals surface area (Å²) in [6, 6.07) is 7.18. The Balaban J connectivity index is 2.91. The number of benzene rings is 1. The molecule has 0 aliphatic rings. The lowest BCUT2D eigenvalue weighted by Crippen LogP contribution is -2.35. The molecule has 0 fully saturated rings. The summed E-state index contributed by atoms with van der Waals surface area (Å²) >= 11 is 0. The number of nitrogens with one attached hydrogen (secondary N) is 1. The average molecular weight is 222 g/mol. The van der Waals surface area contributed by atoms with E-state index in [4.69, 9.17) is 4.74 Å². The highest BCUT2D eigenvalue weighted by molar-refractivity contribution is 5.82. The molecule has 0 heterocycles. The summed E-state index contributed by atoms with van der Waals surface area (Å²) in [6.07, 6.45) is 0. The van der Waals surface area contributed by atoms with E-state index in [0.717, 1.165) is 11.3 Å². The van der Waals surface area contributed by atoms with Gasteiger partial charge in [0.25, 0.3) is 0 Å². The average Bonchev–Trinajstić information content (AvgIpc) is 2.30. The maximum absolute atomic E-state index is 11.9. The third-order valence-electron chi connectivity index (χ3n) is 2.43. The van der Waals surface area contributed by atoms with Gasteiger partial charge in [-0.1, -0.05) is 12.1 Å². The minimum Gasteiger partial charge on any atom is -0.497 e. The van der Waals surface area contributed by atoms with Crippen LogP contribution < -0.4 is 10.1 Å². The van der Waals surface area contributed by atoms with Crippen LogP contribution in [0.15, 0.2) is 24.3 Å². The van der Waals surface area contributed by atoms with E-state index in [-0.39, 0.29) is 11.9 Å². The maximum Gasteiger partial charge on any atom is 0.243 e. The van der Waals surface area contributed by atoms with E-state index in [0.29, 0.717) is 0 Å². The Bertz CT molecular complexity index is 347. The van der Waals surface area contributed by atoms with Gasteiger partial charge in [-0.05, 0) is 24.7 Å². The zero-order valence-corrected chi connectivity index (χ0v) is 10.2. The van der Waals surface area contributed by atoms with Gasteiger partial charge in [-0.2, -0.15) is 0 Å². The third kappa shape index (κ3) is 2.73. The predicted octanol–water partition coefficient (Wildman–Crippen LogP) is 1.04. The van der Waals surface area contributed by atoms with Crippen LogP contribution in [0.2, 0.25) is 0 Å². The molecule has 0 spiro atoms. The molecule has 1 aromatic rings. The van der Waals surface area contributed by atoms with Crippen LogP contribution in [0.3, 0.4) is 0 Å². The van der Waals surface area contributed by atoms with Crippen molar-refractivity contribution in [3.63, 3.8) is 0 Å². The molecule has 0 bridgehead atoms. The topological polar surface area (TPSA) is 41.6 Å². The minimum absolute atomic E-state index is 0.0349. The van der Waals surface area contributed by atoms with Gasteiger partial charge in [-0.25, -0.2) is 0 Å². The second-order valence-corrected chi connectivity index (χ2v) is 3.73. The molecule has 16 heavy (non-hydrogen) atoms. The first-order valence-corrected chi connectivity index (χ1v) is 5.12. The Morgan fingerprint density at radius 2 is 1.88 bits per heavy atom. The molecule has 1 N–H and O–H groups in total. The molecule has 1 atom stereocenters. The maximum atomic E-state index is 11.9. The number of rotatable bonds is 4. The highest BCUT2D eigenvalue weighted by atomic mass is 16.5. The van der Waals surface area contributed by atoms with E-state index in [2.05, 4.69) is 5.32 Å². The lowest BCUT2D eigenvalue weighted by Gasteiger charge is -2.20. The molecule has 1 unspecified atom stereocenters. The highest BCUT2D eigenvalue weighted by Gasteiger charge is 2.19. The number of nitrogens with zero attached hydrogens (tertiary/aromatic N) is 1. The first kappa shape index (κ1) is 12.5. The van der Waals surface area contributed by atoms with E-state index >= 15 is 0 Å². The van der Waals surface area contributed by atoms with E-state index < -0.39 is 0 Å². The molecule has 0 saturated heterocycles. The molecule has 0 aromatic heterocycles. The number of carbonyl (C=O) groups excluding carboxylic acids is 1. The fourth-order valence-electron chi connectivity index (χ4n) is 1.49. The summed E-state index contributed by atoms with van der Waals surface area (Å²) < 4.78 is 5.07. The first-order valence-electron chi connectivity index (χ1n) is 5.12. The number of carbonyl (C=O) groups is 1. The van der Waals surface area contributed by atoms with Crippen molar-refractivity contribution in [2.45, 2.75) is 6.04 Å². The lowest BCUT2D eigenvalue weighted by molar-refractivity contribution is -0.130. The summed E-state index contributed by atoms with van der Waals surface area (Å²) in [6.45, 7) is 0. The van der Waals surface area contributed by atoms with Crippen molar-refractivity contribution in [3.8, 4) is 5.75 Å². The predicted molar refractivity (Wildman–Crippen MR) is 63.5 cm³/mol. The van der Waals surface area contributed by atoms with Crippen LogP contribution in [0.25, 0.3) is 0 Å². The Labute approximate surface area is 96.2 Å². The first-order chi connectivity index (χ1) is 7.60. The molecular formula is C12H18N2O2. The van der Waals surface area contributed by atoms with Crippen LogP contribution in [0, 0.1) is 0 Å². The molecule has 0 aliphatic heterocycles. The van der Waals surface area contributed by atoms with E-state index in [9.17, 15) is 4.79 Å². The number of ether oxygens (including phenoxy) is 1. The Morgan fingerprint density at radius 1 is 1.31 bits per heavy atom. The van der Waals surface area contributed by atoms with Crippen molar-refractivity contribution in [3.05, 3.63) is 29.8 Å². The van der Waals surface area contributed by atoms with Crippen molar-refractivity contribution in [2.24, 2.45) is 0 Å². The van der Waals surface area contributed by atoms with Crippen LogP contribution in [0.5, 0.6) is 5.75 Å². The number of amides is 1. The van der Waals surface area contributed by atoms with Crippen LogP contribution in [-0.4, -0.2) is 39.1 Å². The highest BCUT2D eigenvalue weighted by Crippen LogP contribution is 2.18. The van der Waals surface area contributed by atoms with Crippen molar-refractivity contribution < 1.29 is 9.53 Å². The van der Waals surface area contributed by atoms with Gasteiger partial charge < -0.3 is 15.0 Å². The van der Waals surface area contributed by atoms with Gasteiger partial charge in [-0.15, -0.1) is 0 Å². The van der Waals surface area contributed by atoms with Gasteiger partial charge in [0.2, 0.25) is 5.91 Å². The van der Waals surface area contributed by atoms with E-state index in [1.807, 2.05) is 24.3 Å². The molecule has 0 aliphatic carbocycles. The second kappa shape index (κ2) is 5.51. The van der Waals surface area contributed by atoms with E-state index in [1.165, 1.54) is 0 Å².